The van der Waals surface area contributed by atoms with E-state index in [0.29, 0.717) is 5.75 Å². The Labute approximate surface area is 127 Å². The van der Waals surface area contributed by atoms with E-state index in [1.807, 2.05) is 31.2 Å². The first kappa shape index (κ1) is 15.2. The molecule has 0 saturated carbocycles. The van der Waals surface area contributed by atoms with Gasteiger partial charge in [0, 0.05) is 18.1 Å². The van der Waals surface area contributed by atoms with E-state index >= 15 is 0 Å². The molecule has 2 atom stereocenters. The van der Waals surface area contributed by atoms with Crippen molar-refractivity contribution in [2.45, 2.75) is 24.8 Å². The summed E-state index contributed by atoms with van der Waals surface area (Å²) >= 11 is 7.10. The van der Waals surface area contributed by atoms with Crippen LogP contribution in [-0.2, 0) is 9.59 Å². The van der Waals surface area contributed by atoms with Crippen LogP contribution >= 0.6 is 23.4 Å². The minimum Gasteiger partial charge on any atom is -0.480 e. The standard InChI is InChI=1S/C14H16ClNO3S/c1-9-2-4-10(5-3-9)13-16(12(17)6-7-15)11(8-20-13)14(18)19/h2-5,11,13H,6-8H2,1H3,(H,18,19). The maximum Gasteiger partial charge on any atom is 0.327 e. The first-order valence-electron chi connectivity index (χ1n) is 6.32. The largest absolute Gasteiger partial charge is 0.480 e. The van der Waals surface area contributed by atoms with Crippen LogP contribution in [0.2, 0.25) is 0 Å². The Kier molecular flexibility index (Phi) is 4.94. The van der Waals surface area contributed by atoms with Gasteiger partial charge in [-0.15, -0.1) is 23.4 Å². The second kappa shape index (κ2) is 6.50. The second-order valence-corrected chi connectivity index (χ2v) is 6.18. The molecule has 20 heavy (non-hydrogen) atoms. The van der Waals surface area contributed by atoms with Crippen molar-refractivity contribution in [1.82, 2.24) is 4.90 Å². The molecular formula is C14H16ClNO3S. The number of carboxylic acids is 1. The molecule has 1 amide bonds. The third-order valence-electron chi connectivity index (χ3n) is 3.24. The molecule has 0 spiro atoms. The van der Waals surface area contributed by atoms with Gasteiger partial charge in [0.05, 0.1) is 0 Å². The Hall–Kier alpha value is -1.20. The van der Waals surface area contributed by atoms with E-state index in [0.717, 1.165) is 11.1 Å². The van der Waals surface area contributed by atoms with Crippen LogP contribution in [0.3, 0.4) is 0 Å². The Morgan fingerprint density at radius 2 is 2.05 bits per heavy atom. The first-order chi connectivity index (χ1) is 9.54. The third-order valence-corrected chi connectivity index (χ3v) is 4.76. The topological polar surface area (TPSA) is 57.6 Å². The molecule has 1 aromatic carbocycles. The average Bonchev–Trinajstić information content (AvgIpc) is 2.84. The van der Waals surface area contributed by atoms with Crippen LogP contribution in [0.4, 0.5) is 0 Å². The lowest BCUT2D eigenvalue weighted by Crippen LogP contribution is -2.43. The maximum atomic E-state index is 12.2. The highest BCUT2D eigenvalue weighted by molar-refractivity contribution is 7.99. The number of halogens is 1. The number of aryl methyl sites for hydroxylation is 1. The van der Waals surface area contributed by atoms with Crippen molar-refractivity contribution in [1.29, 1.82) is 0 Å². The summed E-state index contributed by atoms with van der Waals surface area (Å²) in [6.45, 7) is 1.99. The van der Waals surface area contributed by atoms with E-state index in [1.165, 1.54) is 16.7 Å². The van der Waals surface area contributed by atoms with Crippen LogP contribution in [-0.4, -0.2) is 39.6 Å². The summed E-state index contributed by atoms with van der Waals surface area (Å²) in [5.41, 5.74) is 2.08. The number of nitrogens with zero attached hydrogens (tertiary/aromatic N) is 1. The molecular weight excluding hydrogens is 298 g/mol. The van der Waals surface area contributed by atoms with Crippen LogP contribution < -0.4 is 0 Å². The average molecular weight is 314 g/mol. The number of thioether (sulfide) groups is 1. The molecule has 2 rings (SSSR count). The quantitative estimate of drug-likeness (QED) is 0.868. The Balaban J connectivity index is 2.29. The number of amides is 1. The number of carbonyl (C=O) groups excluding carboxylic acids is 1. The van der Waals surface area contributed by atoms with Gasteiger partial charge in [-0.2, -0.15) is 0 Å². The summed E-state index contributed by atoms with van der Waals surface area (Å²) in [6.07, 6.45) is 0.161. The predicted octanol–water partition coefficient (Wildman–Crippen LogP) is 2.65. The summed E-state index contributed by atoms with van der Waals surface area (Å²) in [5, 5.41) is 9.03. The number of hydrogen-bond acceptors (Lipinski definition) is 3. The molecule has 0 bridgehead atoms. The Bertz CT molecular complexity index is 506. The number of carboxylic acid groups (broad SMARTS) is 1. The highest BCUT2D eigenvalue weighted by Crippen LogP contribution is 2.41. The zero-order valence-corrected chi connectivity index (χ0v) is 12.7. The van der Waals surface area contributed by atoms with Crippen molar-refractivity contribution in [2.75, 3.05) is 11.6 Å². The fourth-order valence-corrected chi connectivity index (χ4v) is 3.80. The van der Waals surface area contributed by atoms with Crippen molar-refractivity contribution < 1.29 is 14.7 Å². The van der Waals surface area contributed by atoms with Gasteiger partial charge in [-0.3, -0.25) is 4.79 Å². The molecule has 1 heterocycles. The van der Waals surface area contributed by atoms with Crippen molar-refractivity contribution >= 4 is 35.2 Å². The summed E-state index contributed by atoms with van der Waals surface area (Å²) < 4.78 is 0. The van der Waals surface area contributed by atoms with Gasteiger partial charge < -0.3 is 10.0 Å². The number of rotatable bonds is 4. The highest BCUT2D eigenvalue weighted by Gasteiger charge is 2.41. The van der Waals surface area contributed by atoms with E-state index in [-0.39, 0.29) is 23.6 Å². The van der Waals surface area contributed by atoms with Crippen molar-refractivity contribution in [3.63, 3.8) is 0 Å². The van der Waals surface area contributed by atoms with E-state index in [2.05, 4.69) is 0 Å². The van der Waals surface area contributed by atoms with Crippen LogP contribution in [0, 0.1) is 6.92 Å². The van der Waals surface area contributed by atoms with E-state index < -0.39 is 12.0 Å². The number of benzene rings is 1. The van der Waals surface area contributed by atoms with Crippen LogP contribution in [0.15, 0.2) is 24.3 Å². The highest BCUT2D eigenvalue weighted by atomic mass is 35.5. The van der Waals surface area contributed by atoms with Gasteiger partial charge in [0.25, 0.3) is 0 Å². The molecule has 1 aliphatic heterocycles. The normalized spacial score (nSPS) is 22.0. The van der Waals surface area contributed by atoms with Crippen LogP contribution in [0.25, 0.3) is 0 Å². The minimum atomic E-state index is -0.963. The molecule has 0 radical (unpaired) electrons. The zero-order chi connectivity index (χ0) is 14.7. The Morgan fingerprint density at radius 1 is 1.40 bits per heavy atom. The number of aliphatic carboxylic acids is 1. The molecule has 1 saturated heterocycles. The van der Waals surface area contributed by atoms with Gasteiger partial charge in [-0.25, -0.2) is 4.79 Å². The molecule has 2 unspecified atom stereocenters. The third kappa shape index (κ3) is 3.10. The fraction of sp³-hybridized carbons (Fsp3) is 0.429. The van der Waals surface area contributed by atoms with Gasteiger partial charge in [0.15, 0.2) is 0 Å². The first-order valence-corrected chi connectivity index (χ1v) is 7.91. The van der Waals surface area contributed by atoms with Crippen LogP contribution in [0.1, 0.15) is 22.9 Å². The summed E-state index contributed by atoms with van der Waals surface area (Å²) in [5.74, 6) is -0.562. The van der Waals surface area contributed by atoms with Gasteiger partial charge in [0.1, 0.15) is 11.4 Å². The smallest absolute Gasteiger partial charge is 0.327 e. The van der Waals surface area contributed by atoms with Gasteiger partial charge in [0.2, 0.25) is 5.91 Å². The minimum absolute atomic E-state index is 0.161. The molecule has 6 heteroatoms. The molecule has 1 aliphatic rings. The number of alkyl halides is 1. The maximum absolute atomic E-state index is 12.2. The molecule has 4 nitrogen and oxygen atoms in total. The van der Waals surface area contributed by atoms with E-state index in [4.69, 9.17) is 11.6 Å². The monoisotopic (exact) mass is 313 g/mol. The SMILES string of the molecule is Cc1ccc(C2SCC(C(=O)O)N2C(=O)CCCl)cc1. The lowest BCUT2D eigenvalue weighted by atomic mass is 10.1. The van der Waals surface area contributed by atoms with Gasteiger partial charge >= 0.3 is 5.97 Å². The fourth-order valence-electron chi connectivity index (χ4n) is 2.20. The Morgan fingerprint density at radius 3 is 2.60 bits per heavy atom. The van der Waals surface area contributed by atoms with Crippen molar-refractivity contribution in [3.05, 3.63) is 35.4 Å². The molecule has 0 aliphatic carbocycles. The number of carbonyl (C=O) groups is 2. The number of hydrogen-bond donors (Lipinski definition) is 1. The lowest BCUT2D eigenvalue weighted by Gasteiger charge is -2.27. The molecule has 1 N–H and O–H groups in total. The van der Waals surface area contributed by atoms with Gasteiger partial charge in [-0.1, -0.05) is 29.8 Å². The van der Waals surface area contributed by atoms with Gasteiger partial charge in [-0.05, 0) is 12.5 Å². The van der Waals surface area contributed by atoms with E-state index in [9.17, 15) is 14.7 Å². The molecule has 0 aromatic heterocycles. The molecule has 1 aromatic rings. The van der Waals surface area contributed by atoms with Crippen LogP contribution in [0.5, 0.6) is 0 Å². The predicted molar refractivity (Wildman–Crippen MR) is 80.0 cm³/mol. The molecule has 108 valence electrons. The molecule has 1 fully saturated rings. The zero-order valence-electron chi connectivity index (χ0n) is 11.1. The van der Waals surface area contributed by atoms with Crippen molar-refractivity contribution in [3.8, 4) is 0 Å². The van der Waals surface area contributed by atoms with E-state index in [1.54, 1.807) is 0 Å². The second-order valence-electron chi connectivity index (χ2n) is 4.69. The summed E-state index contributed by atoms with van der Waals surface area (Å²) in [4.78, 5) is 24.9. The lowest BCUT2D eigenvalue weighted by molar-refractivity contribution is -0.149. The summed E-state index contributed by atoms with van der Waals surface area (Å²) in [7, 11) is 0. The van der Waals surface area contributed by atoms with Crippen molar-refractivity contribution in [2.24, 2.45) is 0 Å². The summed E-state index contributed by atoms with van der Waals surface area (Å²) in [6, 6.07) is 7.04.